The minimum absolute atomic E-state index is 0.169. The molecule has 5 heterocycles. The molecule has 4 aromatic rings. The number of piperidine rings is 1. The van der Waals surface area contributed by atoms with Gasteiger partial charge in [-0.1, -0.05) is 18.2 Å². The number of benzene rings is 1. The number of rotatable bonds is 6. The summed E-state index contributed by atoms with van der Waals surface area (Å²) in [5.41, 5.74) is 1.90. The molecular formula is C25H24N6O3S. The van der Waals surface area contributed by atoms with E-state index in [-0.39, 0.29) is 12.1 Å². The molecule has 178 valence electrons. The predicted octanol–water partition coefficient (Wildman–Crippen LogP) is 4.50. The van der Waals surface area contributed by atoms with Crippen LogP contribution in [-0.4, -0.2) is 40.2 Å². The monoisotopic (exact) mass is 488 g/mol. The number of aromatic nitrogens is 2. The highest BCUT2D eigenvalue weighted by molar-refractivity contribution is 7.19. The van der Waals surface area contributed by atoms with Crippen molar-refractivity contribution in [2.75, 3.05) is 23.3 Å². The molecule has 2 aliphatic heterocycles. The Bertz CT molecular complexity index is 1360. The van der Waals surface area contributed by atoms with E-state index in [9.17, 15) is 9.90 Å². The Balaban J connectivity index is 1.30. The average Bonchev–Trinajstić information content (AvgIpc) is 3.26. The Morgan fingerprint density at radius 3 is 2.83 bits per heavy atom. The first-order valence-corrected chi connectivity index (χ1v) is 12.4. The number of aliphatic hydroxyl groups is 1. The van der Waals surface area contributed by atoms with Crippen LogP contribution >= 0.6 is 11.3 Å². The van der Waals surface area contributed by atoms with Gasteiger partial charge in [0.15, 0.2) is 0 Å². The molecule has 2 amide bonds. The molecule has 0 saturated carbocycles. The lowest BCUT2D eigenvalue weighted by molar-refractivity contribution is 0.120. The fourth-order valence-electron chi connectivity index (χ4n) is 4.52. The van der Waals surface area contributed by atoms with Crippen molar-refractivity contribution in [3.63, 3.8) is 0 Å². The van der Waals surface area contributed by atoms with Gasteiger partial charge < -0.3 is 20.5 Å². The van der Waals surface area contributed by atoms with E-state index in [1.165, 1.54) is 11.3 Å². The third-order valence-corrected chi connectivity index (χ3v) is 7.31. The summed E-state index contributed by atoms with van der Waals surface area (Å²) in [7, 11) is 0. The van der Waals surface area contributed by atoms with Crippen molar-refractivity contribution in [1.29, 1.82) is 0 Å². The molecule has 1 saturated heterocycles. The summed E-state index contributed by atoms with van der Waals surface area (Å²) in [4.78, 5) is 25.1. The van der Waals surface area contributed by atoms with E-state index in [0.29, 0.717) is 33.6 Å². The third-order valence-electron chi connectivity index (χ3n) is 6.16. The Morgan fingerprint density at radius 1 is 1.17 bits per heavy atom. The minimum Gasteiger partial charge on any atom is -0.439 e. The molecule has 0 spiro atoms. The van der Waals surface area contributed by atoms with Crippen LogP contribution in [0.25, 0.3) is 10.2 Å². The normalized spacial score (nSPS) is 18.4. The zero-order valence-corrected chi connectivity index (χ0v) is 19.6. The molecule has 1 fully saturated rings. The number of urea groups is 1. The van der Waals surface area contributed by atoms with Gasteiger partial charge in [0.2, 0.25) is 5.88 Å². The Kier molecular flexibility index (Phi) is 5.78. The number of pyridine rings is 2. The number of ether oxygens (including phenoxy) is 1. The Hall–Kier alpha value is -3.57. The van der Waals surface area contributed by atoms with E-state index in [2.05, 4.69) is 25.9 Å². The maximum atomic E-state index is 13.3. The van der Waals surface area contributed by atoms with Crippen molar-refractivity contribution in [2.45, 2.75) is 25.1 Å². The molecule has 10 heteroatoms. The lowest BCUT2D eigenvalue weighted by Gasteiger charge is -2.29. The molecule has 0 aliphatic carbocycles. The number of carbonyl (C=O) groups is 1. The largest absolute Gasteiger partial charge is 0.439 e. The zero-order valence-electron chi connectivity index (χ0n) is 18.8. The summed E-state index contributed by atoms with van der Waals surface area (Å²) in [5, 5.41) is 21.4. The quantitative estimate of drug-likeness (QED) is 0.296. The van der Waals surface area contributed by atoms with Crippen LogP contribution in [0.3, 0.4) is 0 Å². The fourth-order valence-corrected chi connectivity index (χ4v) is 5.59. The molecule has 3 aromatic heterocycles. The lowest BCUT2D eigenvalue weighted by atomic mass is 10.1. The minimum atomic E-state index is -0.898. The topological polar surface area (TPSA) is 112 Å². The second kappa shape index (κ2) is 9.23. The van der Waals surface area contributed by atoms with Gasteiger partial charge in [-0.3, -0.25) is 10.2 Å². The molecule has 0 radical (unpaired) electrons. The summed E-state index contributed by atoms with van der Waals surface area (Å²) in [6.07, 6.45) is 4.44. The van der Waals surface area contributed by atoms with Crippen molar-refractivity contribution >= 4 is 44.6 Å². The van der Waals surface area contributed by atoms with Gasteiger partial charge in [-0.05, 0) is 43.7 Å². The molecule has 2 atom stereocenters. The van der Waals surface area contributed by atoms with Gasteiger partial charge in [0, 0.05) is 24.8 Å². The summed E-state index contributed by atoms with van der Waals surface area (Å²) < 4.78 is 5.78. The number of hydrogen-bond acceptors (Lipinski definition) is 8. The number of nitrogens with zero attached hydrogens (tertiary/aromatic N) is 3. The van der Waals surface area contributed by atoms with Gasteiger partial charge in [-0.2, -0.15) is 0 Å². The number of aliphatic hydroxyl groups excluding tert-OH is 1. The maximum absolute atomic E-state index is 13.3. The number of para-hydroxylation sites is 1. The van der Waals surface area contributed by atoms with Crippen molar-refractivity contribution in [3.8, 4) is 11.6 Å². The predicted molar refractivity (Wildman–Crippen MR) is 136 cm³/mol. The first kappa shape index (κ1) is 21.9. The molecule has 9 nitrogen and oxygen atoms in total. The van der Waals surface area contributed by atoms with Crippen molar-refractivity contribution in [2.24, 2.45) is 0 Å². The number of nitrogens with one attached hydrogen (secondary N) is 3. The number of amides is 2. The van der Waals surface area contributed by atoms with E-state index in [4.69, 9.17) is 4.74 Å². The molecule has 0 bridgehead atoms. The molecule has 1 unspecified atom stereocenters. The Labute approximate surface area is 205 Å². The van der Waals surface area contributed by atoms with E-state index in [0.717, 1.165) is 36.1 Å². The maximum Gasteiger partial charge on any atom is 0.331 e. The SMILES string of the molecule is O=C1Nc2c(C(O)N[C@@H]3CCCNC3)sc3nccc(c23)N1c1ccc(Oc2ccccc2)nc1. The van der Waals surface area contributed by atoms with Gasteiger partial charge in [-0.15, -0.1) is 11.3 Å². The molecular weight excluding hydrogens is 464 g/mol. The first-order chi connectivity index (χ1) is 17.2. The van der Waals surface area contributed by atoms with Crippen LogP contribution in [0.1, 0.15) is 23.9 Å². The highest BCUT2D eigenvalue weighted by atomic mass is 32.1. The highest BCUT2D eigenvalue weighted by Gasteiger charge is 2.33. The number of carbonyl (C=O) groups excluding carboxylic acids is 1. The van der Waals surface area contributed by atoms with Gasteiger partial charge in [0.25, 0.3) is 0 Å². The van der Waals surface area contributed by atoms with Crippen LogP contribution in [0, 0.1) is 0 Å². The van der Waals surface area contributed by atoms with Crippen LogP contribution < -0.4 is 25.6 Å². The highest BCUT2D eigenvalue weighted by Crippen LogP contribution is 2.47. The number of anilines is 3. The van der Waals surface area contributed by atoms with Crippen molar-refractivity contribution < 1.29 is 14.6 Å². The van der Waals surface area contributed by atoms with Crippen molar-refractivity contribution in [3.05, 3.63) is 65.8 Å². The van der Waals surface area contributed by atoms with Gasteiger partial charge >= 0.3 is 6.03 Å². The molecule has 6 rings (SSSR count). The van der Waals surface area contributed by atoms with Crippen LogP contribution in [0.5, 0.6) is 11.6 Å². The second-order valence-electron chi connectivity index (χ2n) is 8.50. The van der Waals surface area contributed by atoms with Crippen LogP contribution in [0.15, 0.2) is 60.9 Å². The molecule has 2 aliphatic rings. The average molecular weight is 489 g/mol. The van der Waals surface area contributed by atoms with E-state index in [1.807, 2.05) is 30.3 Å². The third kappa shape index (κ3) is 4.21. The first-order valence-electron chi connectivity index (χ1n) is 11.5. The van der Waals surface area contributed by atoms with Gasteiger partial charge in [-0.25, -0.2) is 14.8 Å². The lowest BCUT2D eigenvalue weighted by Crippen LogP contribution is -2.44. The summed E-state index contributed by atoms with van der Waals surface area (Å²) in [5.74, 6) is 1.12. The summed E-state index contributed by atoms with van der Waals surface area (Å²) in [6, 6.07) is 14.6. The second-order valence-corrected chi connectivity index (χ2v) is 9.53. The summed E-state index contributed by atoms with van der Waals surface area (Å²) in [6.45, 7) is 1.80. The molecule has 4 N–H and O–H groups in total. The fraction of sp³-hybridized carbons (Fsp3) is 0.240. The molecule has 1 aromatic carbocycles. The van der Waals surface area contributed by atoms with E-state index >= 15 is 0 Å². The van der Waals surface area contributed by atoms with Crippen molar-refractivity contribution in [1.82, 2.24) is 20.6 Å². The van der Waals surface area contributed by atoms with E-state index < -0.39 is 6.23 Å². The van der Waals surface area contributed by atoms with Crippen LogP contribution in [0.4, 0.5) is 21.9 Å². The smallest absolute Gasteiger partial charge is 0.331 e. The number of thiophene rings is 1. The van der Waals surface area contributed by atoms with Gasteiger partial charge in [0.05, 0.1) is 33.5 Å². The summed E-state index contributed by atoms with van der Waals surface area (Å²) >= 11 is 1.38. The standard InChI is InChI=1S/C25H24N6O3S/c32-23(29-15-5-4-11-26-13-15)22-21-20-18(10-12-27-24(20)35-22)31(25(33)30-21)16-8-9-19(28-14-16)34-17-6-2-1-3-7-17/h1-3,6-10,12,14-15,23,26,29,32H,4-5,11,13H2,(H,30,33)/t15-,23?/m1/s1. The van der Waals surface area contributed by atoms with E-state index in [1.54, 1.807) is 35.5 Å². The van der Waals surface area contributed by atoms with Crippen LogP contribution in [0.2, 0.25) is 0 Å². The Morgan fingerprint density at radius 2 is 2.06 bits per heavy atom. The van der Waals surface area contributed by atoms with Gasteiger partial charge in [0.1, 0.15) is 16.8 Å². The number of hydrogen-bond donors (Lipinski definition) is 4. The molecule has 35 heavy (non-hydrogen) atoms. The zero-order chi connectivity index (χ0) is 23.8. The van der Waals surface area contributed by atoms with Crippen LogP contribution in [-0.2, 0) is 0 Å².